The molecule has 0 aliphatic carbocycles. The molecule has 2 aromatic carbocycles. The fourth-order valence-electron chi connectivity index (χ4n) is 1.94. The van der Waals surface area contributed by atoms with Crippen LogP contribution in [-0.4, -0.2) is 5.24 Å². The molecule has 108 valence electrons. The zero-order valence-electron chi connectivity index (χ0n) is 12.1. The van der Waals surface area contributed by atoms with Crippen molar-refractivity contribution in [3.63, 3.8) is 0 Å². The van der Waals surface area contributed by atoms with Crippen molar-refractivity contribution in [3.05, 3.63) is 83.9 Å². The Morgan fingerprint density at radius 1 is 1.19 bits per heavy atom. The lowest BCUT2D eigenvalue weighted by molar-refractivity contribution is 0.260. The van der Waals surface area contributed by atoms with E-state index in [1.54, 1.807) is 6.08 Å². The summed E-state index contributed by atoms with van der Waals surface area (Å²) in [6.07, 6.45) is 1.80. The lowest BCUT2D eigenvalue weighted by atomic mass is 10.1. The van der Waals surface area contributed by atoms with Crippen LogP contribution in [0.4, 0.5) is 4.79 Å². The number of aryl methyl sites for hydroxylation is 1. The third kappa shape index (κ3) is 4.80. The first kappa shape index (κ1) is 15.4. The van der Waals surface area contributed by atoms with Gasteiger partial charge in [0.1, 0.15) is 0 Å². The number of thioether (sulfide) groups is 1. The molecule has 0 bridgehead atoms. The normalized spacial score (nSPS) is 11.7. The molecule has 0 unspecified atom stereocenters. The molecule has 0 aromatic heterocycles. The zero-order valence-corrected chi connectivity index (χ0v) is 12.9. The summed E-state index contributed by atoms with van der Waals surface area (Å²) in [5.74, 6) is 0. The number of amides is 1. The molecule has 1 amide bonds. The SMILES string of the molecule is C=C[C@H](SC(=O)NCc1ccccc1)c1ccc(C)cc1. The second kappa shape index (κ2) is 7.70. The highest BCUT2D eigenvalue weighted by Gasteiger charge is 2.13. The van der Waals surface area contributed by atoms with Crippen LogP contribution in [0.15, 0.2) is 67.3 Å². The predicted octanol–water partition coefficient (Wildman–Crippen LogP) is 4.87. The van der Waals surface area contributed by atoms with Crippen LogP contribution in [0, 0.1) is 6.92 Å². The number of hydrogen-bond donors (Lipinski definition) is 1. The van der Waals surface area contributed by atoms with E-state index in [2.05, 4.69) is 11.9 Å². The maximum absolute atomic E-state index is 12.0. The quantitative estimate of drug-likeness (QED) is 0.798. The molecule has 0 saturated heterocycles. The van der Waals surface area contributed by atoms with E-state index in [0.29, 0.717) is 6.54 Å². The Labute approximate surface area is 130 Å². The highest BCUT2D eigenvalue weighted by atomic mass is 32.2. The number of carbonyl (C=O) groups is 1. The summed E-state index contributed by atoms with van der Waals surface area (Å²) < 4.78 is 0. The van der Waals surface area contributed by atoms with Crippen LogP contribution in [0.25, 0.3) is 0 Å². The molecule has 2 rings (SSSR count). The van der Waals surface area contributed by atoms with Crippen molar-refractivity contribution < 1.29 is 4.79 Å². The molecule has 0 saturated carbocycles. The number of hydrogen-bond acceptors (Lipinski definition) is 2. The van der Waals surface area contributed by atoms with Gasteiger partial charge in [-0.3, -0.25) is 4.79 Å². The number of rotatable bonds is 5. The molecule has 0 radical (unpaired) electrons. The summed E-state index contributed by atoms with van der Waals surface area (Å²) in [5.41, 5.74) is 3.40. The molecule has 3 heteroatoms. The van der Waals surface area contributed by atoms with Gasteiger partial charge in [0.2, 0.25) is 0 Å². The second-order valence-corrected chi connectivity index (χ2v) is 5.93. The highest BCUT2D eigenvalue weighted by Crippen LogP contribution is 2.30. The largest absolute Gasteiger partial charge is 0.343 e. The number of nitrogens with one attached hydrogen (secondary N) is 1. The summed E-state index contributed by atoms with van der Waals surface area (Å²) in [7, 11) is 0. The molecule has 0 aliphatic heterocycles. The Morgan fingerprint density at radius 3 is 2.48 bits per heavy atom. The van der Waals surface area contributed by atoms with Gasteiger partial charge < -0.3 is 5.32 Å². The minimum absolute atomic E-state index is 0.0265. The van der Waals surface area contributed by atoms with Crippen molar-refractivity contribution in [2.75, 3.05) is 0 Å². The molecule has 0 fully saturated rings. The van der Waals surface area contributed by atoms with Crippen LogP contribution >= 0.6 is 11.8 Å². The van der Waals surface area contributed by atoms with Crippen molar-refractivity contribution in [2.24, 2.45) is 0 Å². The minimum Gasteiger partial charge on any atom is -0.343 e. The van der Waals surface area contributed by atoms with Gasteiger partial charge >= 0.3 is 0 Å². The summed E-state index contributed by atoms with van der Waals surface area (Å²) in [6.45, 7) is 6.42. The van der Waals surface area contributed by atoms with E-state index in [4.69, 9.17) is 0 Å². The van der Waals surface area contributed by atoms with E-state index < -0.39 is 0 Å². The van der Waals surface area contributed by atoms with Gasteiger partial charge in [0.05, 0.1) is 5.25 Å². The van der Waals surface area contributed by atoms with Gasteiger partial charge in [0, 0.05) is 6.54 Å². The van der Waals surface area contributed by atoms with Gasteiger partial charge in [0.15, 0.2) is 0 Å². The van der Waals surface area contributed by atoms with Gasteiger partial charge in [-0.1, -0.05) is 78.0 Å². The van der Waals surface area contributed by atoms with E-state index >= 15 is 0 Å². The summed E-state index contributed by atoms with van der Waals surface area (Å²) in [6, 6.07) is 18.1. The van der Waals surface area contributed by atoms with Crippen LogP contribution < -0.4 is 5.32 Å². The summed E-state index contributed by atoms with van der Waals surface area (Å²) in [5, 5.41) is 2.86. The number of carbonyl (C=O) groups excluding carboxylic acids is 1. The van der Waals surface area contributed by atoms with Crippen molar-refractivity contribution in [1.29, 1.82) is 0 Å². The Balaban J connectivity index is 1.91. The fraction of sp³-hybridized carbons (Fsp3) is 0.167. The standard InChI is InChI=1S/C18H19NOS/c1-3-17(16-11-9-14(2)10-12-16)21-18(20)19-13-15-7-5-4-6-8-15/h3-12,17H,1,13H2,2H3,(H,19,20)/t17-/m0/s1. The molecule has 0 spiro atoms. The van der Waals surface area contributed by atoms with Crippen molar-refractivity contribution in [3.8, 4) is 0 Å². The lowest BCUT2D eigenvalue weighted by Crippen LogP contribution is -2.18. The van der Waals surface area contributed by atoms with Crippen LogP contribution in [0.1, 0.15) is 21.9 Å². The maximum Gasteiger partial charge on any atom is 0.280 e. The molecule has 2 nitrogen and oxygen atoms in total. The van der Waals surface area contributed by atoms with Crippen LogP contribution in [-0.2, 0) is 6.54 Å². The predicted molar refractivity (Wildman–Crippen MR) is 90.4 cm³/mol. The maximum atomic E-state index is 12.0. The van der Waals surface area contributed by atoms with Crippen molar-refractivity contribution in [2.45, 2.75) is 18.7 Å². The van der Waals surface area contributed by atoms with Crippen molar-refractivity contribution >= 4 is 17.0 Å². The van der Waals surface area contributed by atoms with Gasteiger partial charge in [-0.25, -0.2) is 0 Å². The Morgan fingerprint density at radius 2 is 1.86 bits per heavy atom. The van der Waals surface area contributed by atoms with E-state index in [9.17, 15) is 4.79 Å². The van der Waals surface area contributed by atoms with E-state index in [0.717, 1.165) is 11.1 Å². The molecule has 21 heavy (non-hydrogen) atoms. The monoisotopic (exact) mass is 297 g/mol. The fourth-order valence-corrected chi connectivity index (χ4v) is 2.71. The lowest BCUT2D eigenvalue weighted by Gasteiger charge is -2.12. The first-order valence-corrected chi connectivity index (χ1v) is 7.74. The first-order chi connectivity index (χ1) is 10.2. The number of benzene rings is 2. The smallest absolute Gasteiger partial charge is 0.280 e. The average Bonchev–Trinajstić information content (AvgIpc) is 2.52. The molecular weight excluding hydrogens is 278 g/mol. The zero-order chi connectivity index (χ0) is 15.1. The Hall–Kier alpha value is -2.00. The Bertz CT molecular complexity index is 592. The van der Waals surface area contributed by atoms with E-state index in [1.165, 1.54) is 17.3 Å². The van der Waals surface area contributed by atoms with Gasteiger partial charge in [-0.2, -0.15) is 0 Å². The highest BCUT2D eigenvalue weighted by molar-refractivity contribution is 8.13. The molecule has 2 aromatic rings. The topological polar surface area (TPSA) is 29.1 Å². The molecule has 0 aliphatic rings. The molecule has 1 atom stereocenters. The average molecular weight is 297 g/mol. The third-order valence-corrected chi connectivity index (χ3v) is 4.21. The van der Waals surface area contributed by atoms with Gasteiger partial charge in [0.25, 0.3) is 5.24 Å². The molecule has 1 N–H and O–H groups in total. The van der Waals surface area contributed by atoms with Crippen LogP contribution in [0.3, 0.4) is 0 Å². The minimum atomic E-state index is -0.0377. The van der Waals surface area contributed by atoms with Gasteiger partial charge in [-0.05, 0) is 18.1 Å². The Kier molecular flexibility index (Phi) is 5.64. The molecule has 0 heterocycles. The van der Waals surface area contributed by atoms with E-state index in [-0.39, 0.29) is 10.5 Å². The van der Waals surface area contributed by atoms with Crippen LogP contribution in [0.5, 0.6) is 0 Å². The van der Waals surface area contributed by atoms with Gasteiger partial charge in [-0.15, -0.1) is 6.58 Å². The molecular formula is C18H19NOS. The van der Waals surface area contributed by atoms with Crippen molar-refractivity contribution in [1.82, 2.24) is 5.32 Å². The summed E-state index contributed by atoms with van der Waals surface area (Å²) >= 11 is 1.25. The van der Waals surface area contributed by atoms with Crippen LogP contribution in [0.2, 0.25) is 0 Å². The summed E-state index contributed by atoms with van der Waals surface area (Å²) in [4.78, 5) is 12.0. The third-order valence-electron chi connectivity index (χ3n) is 3.13. The van der Waals surface area contributed by atoms with E-state index in [1.807, 2.05) is 61.5 Å². The second-order valence-electron chi connectivity index (χ2n) is 4.81. The first-order valence-electron chi connectivity index (χ1n) is 6.86.